The molecule has 12 fully saturated rings. The normalized spacial score (nSPS) is 34.3. The maximum Gasteiger partial charge on any atom is 0.254 e. The highest BCUT2D eigenvalue weighted by Crippen LogP contribution is 2.88. The zero-order valence-corrected chi connectivity index (χ0v) is 73.3. The number of ether oxygens (including phenoxy) is 2. The Labute approximate surface area is 748 Å². The molecule has 13 heterocycles. The summed E-state index contributed by atoms with van der Waals surface area (Å²) >= 11 is 0. The van der Waals surface area contributed by atoms with Crippen molar-refractivity contribution in [2.45, 2.75) is 190 Å². The first-order valence-corrected chi connectivity index (χ1v) is 47.2. The Morgan fingerprint density at radius 2 is 1.30 bits per heavy atom. The van der Waals surface area contributed by atoms with Crippen LogP contribution in [0.3, 0.4) is 0 Å². The highest BCUT2D eigenvalue weighted by molar-refractivity contribution is 5.71. The number of aryl methyl sites for hydroxylation is 1. The van der Waals surface area contributed by atoms with Gasteiger partial charge in [0.2, 0.25) is 0 Å². The van der Waals surface area contributed by atoms with E-state index < -0.39 is 156 Å². The monoisotopic (exact) mass is 1750 g/mol. The largest absolute Gasteiger partial charge is 0.465 e. The topological polar surface area (TPSA) is 134 Å². The molecule has 5 aromatic carbocycles. The van der Waals surface area contributed by atoms with Crippen molar-refractivity contribution in [3.05, 3.63) is 329 Å². The minimum atomic E-state index is -3.44. The summed E-state index contributed by atoms with van der Waals surface area (Å²) in [6.07, 6.45) is 28.0. The van der Waals surface area contributed by atoms with Crippen LogP contribution in [0.15, 0.2) is 237 Å². The second-order valence-electron chi connectivity index (χ2n) is 40.0. The Morgan fingerprint density at radius 3 is 1.92 bits per heavy atom. The molecule has 0 amide bonds. The predicted molar refractivity (Wildman–Crippen MR) is 470 cm³/mol. The molecular weight excluding hydrogens is 1640 g/mol. The van der Waals surface area contributed by atoms with Gasteiger partial charge in [-0.1, -0.05) is 118 Å². The first kappa shape index (κ1) is 83.7. The quantitative estimate of drug-likeness (QED) is 0.0609. The standard InChI is InChI=1S/C105H111F8N13O3/c1-69-52-87(69)102(91-58-96(91,112)113)99(74-25-15-26-74,73-23-8-9-24-73)126(104(78-39-51-127-67-78,101(129-102,80-60-117-61-80)82-64-120(2)65-82)124-48-19-40-95(124,71-21-6-4-7-22-71)75-27-14-20-70(53-75)63-122-46-12-5-13-47-122)103(77-28-17-41-115-59-77)97(72-37-43-114-44-38-72,81-62-119-121(3)66-81)105(93-32-18-50-128-93,123-49-45-116-68-123)125(85-34-35-85)100(76-33-36-88(108)90(110)56-76,86-29-16-30-89(109)94(86)111)98(103,92-31-10-11-42-118-92)79-54-83(106)57-84(107)55-79/h4,6-7,10-11,14,16-18,20-22,27-33,36-38,41-45,49-50,53-57,59,62,66,68-69,73-74,78,80,82,85,87,91,117H,5,8-9,12-13,15,19,23-26,34-35,39-40,46-48,51-52,58,60-61,63-65,67H2,1-3H3. The molecule has 7 aliphatic heterocycles. The number of piperidine rings is 2. The molecular formula is C105H111F8N13O3. The summed E-state index contributed by atoms with van der Waals surface area (Å²) in [6.45, 7) is 6.61. The maximum atomic E-state index is 21.6. The summed E-state index contributed by atoms with van der Waals surface area (Å²) in [4.78, 5) is 35.0. The molecule has 0 spiro atoms. The SMILES string of the molecule is CC1CC1C1(C2CC2(F)F)OC(C2CNC2)(C2CN(C)C2)C(C2CCOC2)(N2CCCC2(c2ccccc2)c2cccc(CN3CCCCC3)c2)N(C2(c3cccnc3)C(c3cc(F)cc(F)c3)(c3ccccn3)C(c3ccc(F)c(F)c3)(c3cccc(F)c3F)N(C3CC3)C(c3ccco3)(n3ccnc3)C2(c2ccncc2)c2cnn(C)c2)C1(C1CCCC1)C1CCC1. The second kappa shape index (κ2) is 31.0. The van der Waals surface area contributed by atoms with Crippen LogP contribution >= 0.6 is 0 Å². The summed E-state index contributed by atoms with van der Waals surface area (Å²) in [5, 5.41) is 9.52. The molecule has 5 aliphatic carbocycles. The third kappa shape index (κ3) is 11.1. The van der Waals surface area contributed by atoms with Crippen LogP contribution in [-0.4, -0.2) is 159 Å². The molecule has 0 bridgehead atoms. The van der Waals surface area contributed by atoms with Gasteiger partial charge in [0.15, 0.2) is 28.9 Å². The van der Waals surface area contributed by atoms with Crippen molar-refractivity contribution in [1.82, 2.24) is 64.1 Å². The number of rotatable bonds is 23. The molecule has 16 nitrogen and oxygen atoms in total. The second-order valence-corrected chi connectivity index (χ2v) is 40.0. The third-order valence-corrected chi connectivity index (χ3v) is 34.0. The first-order chi connectivity index (χ1) is 62.8. The summed E-state index contributed by atoms with van der Waals surface area (Å²) in [5.74, 6) is -17.0. The van der Waals surface area contributed by atoms with E-state index in [1.54, 1.807) is 60.4 Å². The number of furan rings is 1. The van der Waals surface area contributed by atoms with Crippen LogP contribution in [0, 0.1) is 82.2 Å². The molecule has 670 valence electrons. The minimum absolute atomic E-state index is 0.0153. The number of nitrogens with one attached hydrogen (secondary N) is 1. The van der Waals surface area contributed by atoms with Crippen LogP contribution in [0.1, 0.15) is 178 Å². The van der Waals surface area contributed by atoms with Crippen LogP contribution in [0.5, 0.6) is 0 Å². The van der Waals surface area contributed by atoms with Gasteiger partial charge in [-0.3, -0.25) is 39.2 Å². The van der Waals surface area contributed by atoms with Gasteiger partial charge in [0.25, 0.3) is 5.92 Å². The minimum Gasteiger partial charge on any atom is -0.465 e. The predicted octanol–water partition coefficient (Wildman–Crippen LogP) is 18.6. The van der Waals surface area contributed by atoms with E-state index in [0.717, 1.165) is 73.3 Å². The van der Waals surface area contributed by atoms with Gasteiger partial charge in [-0.15, -0.1) is 0 Å². The van der Waals surface area contributed by atoms with Crippen molar-refractivity contribution in [2.24, 2.45) is 54.4 Å². The lowest BCUT2D eigenvalue weighted by Gasteiger charge is -2.89. The summed E-state index contributed by atoms with van der Waals surface area (Å²) < 4.78 is 189. The van der Waals surface area contributed by atoms with E-state index in [1.807, 2.05) is 78.9 Å². The Balaban J connectivity index is 1.12. The zero-order valence-electron chi connectivity index (χ0n) is 73.3. The molecule has 11 aromatic rings. The van der Waals surface area contributed by atoms with E-state index >= 15 is 35.1 Å². The molecule has 7 saturated heterocycles. The van der Waals surface area contributed by atoms with Crippen LogP contribution in [0.25, 0.3) is 0 Å². The Morgan fingerprint density at radius 1 is 0.558 bits per heavy atom. The van der Waals surface area contributed by atoms with Crippen LogP contribution in [0.2, 0.25) is 0 Å². The highest BCUT2D eigenvalue weighted by Gasteiger charge is 2.99. The van der Waals surface area contributed by atoms with Gasteiger partial charge in [-0.05, 0) is 233 Å². The number of alkyl halides is 2. The molecule has 12 aliphatic rings. The molecule has 5 saturated carbocycles. The lowest BCUT2D eigenvalue weighted by molar-refractivity contribution is -0.473. The molecule has 0 radical (unpaired) electrons. The van der Waals surface area contributed by atoms with Crippen molar-refractivity contribution in [3.63, 3.8) is 0 Å². The Kier molecular flexibility index (Phi) is 20.1. The third-order valence-electron chi connectivity index (χ3n) is 34.0. The van der Waals surface area contributed by atoms with Gasteiger partial charge < -0.3 is 28.7 Å². The lowest BCUT2D eigenvalue weighted by Crippen LogP contribution is -3.03. The van der Waals surface area contributed by atoms with Gasteiger partial charge in [-0.2, -0.15) is 5.10 Å². The maximum absolute atomic E-state index is 21.6. The number of aromatic nitrogens is 7. The number of morpholine rings is 1. The van der Waals surface area contributed by atoms with Gasteiger partial charge >= 0.3 is 0 Å². The number of likely N-dealkylation sites (tertiary alicyclic amines) is 4. The van der Waals surface area contributed by atoms with Crippen molar-refractivity contribution in [1.29, 1.82) is 0 Å². The van der Waals surface area contributed by atoms with Crippen molar-refractivity contribution < 1.29 is 49.0 Å². The zero-order chi connectivity index (χ0) is 87.9. The summed E-state index contributed by atoms with van der Waals surface area (Å²) in [6, 6.07) is 47.1. The van der Waals surface area contributed by atoms with E-state index in [2.05, 4.69) is 98.4 Å². The molecule has 129 heavy (non-hydrogen) atoms. The van der Waals surface area contributed by atoms with Crippen LogP contribution in [0.4, 0.5) is 35.1 Å². The number of halogens is 8. The average Bonchev–Trinajstić information content (AvgIpc) is 1.50. The number of imidazole rings is 1. The fraction of sp³-hybridized carbons (Fsp3) is 0.476. The smallest absolute Gasteiger partial charge is 0.254 e. The van der Waals surface area contributed by atoms with Gasteiger partial charge in [0.05, 0.1) is 75.6 Å². The molecule has 23 rings (SSSR count). The van der Waals surface area contributed by atoms with Crippen LogP contribution in [-0.2, 0) is 56.2 Å². The Hall–Kier alpha value is -9.63. The van der Waals surface area contributed by atoms with Crippen molar-refractivity contribution >= 4 is 0 Å². The van der Waals surface area contributed by atoms with E-state index in [4.69, 9.17) is 34.2 Å². The number of hydrogen-bond donors (Lipinski definition) is 1. The van der Waals surface area contributed by atoms with E-state index in [1.165, 1.54) is 30.3 Å². The highest BCUT2D eigenvalue weighted by atomic mass is 19.3. The van der Waals surface area contributed by atoms with Crippen molar-refractivity contribution in [2.75, 3.05) is 66.1 Å². The number of pyridine rings is 3. The van der Waals surface area contributed by atoms with Gasteiger partial charge in [0.1, 0.15) is 28.7 Å². The molecule has 14 unspecified atom stereocenters. The number of benzene rings is 5. The van der Waals surface area contributed by atoms with Gasteiger partial charge in [-0.25, -0.2) is 40.1 Å². The number of hydrogen-bond acceptors (Lipinski definition) is 14. The molecule has 6 aromatic heterocycles. The average molecular weight is 1760 g/mol. The summed E-state index contributed by atoms with van der Waals surface area (Å²) in [5.41, 5.74) is -20.0. The number of nitrogens with zero attached hydrogens (tertiary/aromatic N) is 12. The molecule has 1 N–H and O–H groups in total. The Bertz CT molecular complexity index is 5900. The fourth-order valence-corrected chi connectivity index (χ4v) is 29.6. The van der Waals surface area contributed by atoms with E-state index in [9.17, 15) is 4.74 Å². The fourth-order valence-electron chi connectivity index (χ4n) is 29.6. The van der Waals surface area contributed by atoms with E-state index in [-0.39, 0.29) is 66.7 Å². The van der Waals surface area contributed by atoms with Crippen molar-refractivity contribution in [3.8, 4) is 0 Å². The van der Waals surface area contributed by atoms with Gasteiger partial charge in [0, 0.05) is 150 Å². The first-order valence-electron chi connectivity index (χ1n) is 47.2. The lowest BCUT2D eigenvalue weighted by atomic mass is 9.31. The van der Waals surface area contributed by atoms with E-state index in [0.29, 0.717) is 114 Å². The summed E-state index contributed by atoms with van der Waals surface area (Å²) in [7, 11) is 3.98. The molecule has 24 heteroatoms. The molecule has 14 atom stereocenters. The van der Waals surface area contributed by atoms with Crippen LogP contribution < -0.4 is 5.32 Å².